The van der Waals surface area contributed by atoms with Crippen LogP contribution in [-0.4, -0.2) is 53.9 Å². The molecule has 0 spiro atoms. The number of aliphatic hydroxyl groups excluding tert-OH is 1. The van der Waals surface area contributed by atoms with Gasteiger partial charge >= 0.3 is 0 Å². The number of hydrogen-bond acceptors (Lipinski definition) is 5. The summed E-state index contributed by atoms with van der Waals surface area (Å²) in [4.78, 5) is 6.60. The van der Waals surface area contributed by atoms with Crippen molar-refractivity contribution < 1.29 is 14.6 Å². The van der Waals surface area contributed by atoms with Gasteiger partial charge < -0.3 is 14.6 Å². The van der Waals surface area contributed by atoms with Gasteiger partial charge in [0.1, 0.15) is 12.4 Å². The molecule has 1 N–H and O–H groups in total. The number of pyridine rings is 1. The maximum atomic E-state index is 9.25. The van der Waals surface area contributed by atoms with Crippen molar-refractivity contribution in [2.75, 3.05) is 32.8 Å². The maximum Gasteiger partial charge on any atom is 0.217 e. The molecule has 0 amide bonds. The number of aliphatic hydroxyl groups is 1. The van der Waals surface area contributed by atoms with Crippen LogP contribution in [0.3, 0.4) is 0 Å². The molecular formula is C16H19ClN2O3. The second-order valence-electron chi connectivity index (χ2n) is 5.29. The zero-order chi connectivity index (χ0) is 15.5. The normalized spacial score (nSPS) is 15.8. The lowest BCUT2D eigenvalue weighted by Crippen LogP contribution is -2.51. The van der Waals surface area contributed by atoms with Gasteiger partial charge in [-0.3, -0.25) is 4.90 Å². The van der Waals surface area contributed by atoms with E-state index in [1.807, 2.05) is 19.1 Å². The minimum atomic E-state index is -0.192. The largest absolute Gasteiger partial charge is 0.493 e. The van der Waals surface area contributed by atoms with Crippen LogP contribution in [0.2, 0.25) is 5.02 Å². The molecule has 22 heavy (non-hydrogen) atoms. The second kappa shape index (κ2) is 6.69. The molecule has 2 heterocycles. The first-order chi connectivity index (χ1) is 10.7. The molecule has 1 aliphatic heterocycles. The summed E-state index contributed by atoms with van der Waals surface area (Å²) in [5.41, 5.74) is 0.685. The third-order valence-electron chi connectivity index (χ3n) is 3.62. The van der Waals surface area contributed by atoms with Gasteiger partial charge in [0, 0.05) is 31.1 Å². The van der Waals surface area contributed by atoms with E-state index in [-0.39, 0.29) is 6.10 Å². The summed E-state index contributed by atoms with van der Waals surface area (Å²) in [5.74, 6) is 1.23. The Morgan fingerprint density at radius 3 is 2.91 bits per heavy atom. The Balaban J connectivity index is 1.75. The van der Waals surface area contributed by atoms with Crippen molar-refractivity contribution in [3.63, 3.8) is 0 Å². The molecule has 2 aromatic rings. The van der Waals surface area contributed by atoms with Gasteiger partial charge in [0.05, 0.1) is 23.3 Å². The van der Waals surface area contributed by atoms with Crippen molar-refractivity contribution in [2.45, 2.75) is 13.0 Å². The summed E-state index contributed by atoms with van der Waals surface area (Å²) in [6.07, 6.45) is -0.192. The van der Waals surface area contributed by atoms with Gasteiger partial charge in [-0.1, -0.05) is 17.7 Å². The number of fused-ring (bicyclic) bond motifs is 1. The summed E-state index contributed by atoms with van der Waals surface area (Å²) in [6.45, 7) is 5.21. The van der Waals surface area contributed by atoms with Gasteiger partial charge in [0.2, 0.25) is 5.88 Å². The van der Waals surface area contributed by atoms with Gasteiger partial charge in [-0.15, -0.1) is 0 Å². The lowest BCUT2D eigenvalue weighted by Gasteiger charge is -2.35. The van der Waals surface area contributed by atoms with Gasteiger partial charge in [-0.2, -0.15) is 0 Å². The molecule has 0 unspecified atom stereocenters. The van der Waals surface area contributed by atoms with E-state index in [9.17, 15) is 5.11 Å². The van der Waals surface area contributed by atoms with Crippen molar-refractivity contribution in [2.24, 2.45) is 0 Å². The van der Waals surface area contributed by atoms with E-state index in [4.69, 9.17) is 21.1 Å². The molecule has 5 nitrogen and oxygen atoms in total. The molecule has 1 aromatic carbocycles. The van der Waals surface area contributed by atoms with Crippen LogP contribution in [0.25, 0.3) is 10.9 Å². The quantitative estimate of drug-likeness (QED) is 0.884. The molecule has 0 saturated carbocycles. The van der Waals surface area contributed by atoms with E-state index in [2.05, 4.69) is 9.88 Å². The van der Waals surface area contributed by atoms with Gasteiger partial charge in [0.25, 0.3) is 0 Å². The lowest BCUT2D eigenvalue weighted by atomic mass is 10.2. The van der Waals surface area contributed by atoms with Gasteiger partial charge in [-0.25, -0.2) is 4.98 Å². The second-order valence-corrected chi connectivity index (χ2v) is 5.70. The van der Waals surface area contributed by atoms with Crippen molar-refractivity contribution in [3.05, 3.63) is 29.3 Å². The summed E-state index contributed by atoms with van der Waals surface area (Å²) < 4.78 is 11.4. The Morgan fingerprint density at radius 1 is 1.36 bits per heavy atom. The first kappa shape index (κ1) is 15.3. The van der Waals surface area contributed by atoms with Crippen LogP contribution >= 0.6 is 11.6 Å². The molecule has 0 radical (unpaired) electrons. The van der Waals surface area contributed by atoms with Crippen LogP contribution in [-0.2, 0) is 0 Å². The molecule has 118 valence electrons. The van der Waals surface area contributed by atoms with E-state index >= 15 is 0 Å². The van der Waals surface area contributed by atoms with Crippen LogP contribution in [0.15, 0.2) is 24.3 Å². The number of ether oxygens (including phenoxy) is 2. The summed E-state index contributed by atoms with van der Waals surface area (Å²) in [5, 5.41) is 10.7. The summed E-state index contributed by atoms with van der Waals surface area (Å²) in [7, 11) is 0. The molecule has 0 atom stereocenters. The standard InChI is InChI=1S/C16H19ClN2O3/c1-2-21-14-8-15(22-7-6-19-9-11(20)10-19)18-16-12(14)4-3-5-13(16)17/h3-5,8,11,20H,2,6-7,9-10H2,1H3. The highest BCUT2D eigenvalue weighted by molar-refractivity contribution is 6.35. The van der Waals surface area contributed by atoms with Crippen molar-refractivity contribution in [1.29, 1.82) is 0 Å². The predicted molar refractivity (Wildman–Crippen MR) is 85.9 cm³/mol. The Labute approximate surface area is 134 Å². The number of para-hydroxylation sites is 1. The zero-order valence-corrected chi connectivity index (χ0v) is 13.2. The van der Waals surface area contributed by atoms with Gasteiger partial charge in [-0.05, 0) is 19.1 Å². The highest BCUT2D eigenvalue weighted by Crippen LogP contribution is 2.32. The van der Waals surface area contributed by atoms with E-state index in [1.165, 1.54) is 0 Å². The molecule has 1 saturated heterocycles. The number of β-amino-alcohol motifs (C(OH)–C–C–N with tert-alkyl or cyclic N) is 1. The van der Waals surface area contributed by atoms with E-state index in [0.717, 1.165) is 17.7 Å². The maximum absolute atomic E-state index is 9.25. The molecule has 1 aromatic heterocycles. The summed E-state index contributed by atoms with van der Waals surface area (Å²) >= 11 is 6.22. The molecule has 0 aliphatic carbocycles. The highest BCUT2D eigenvalue weighted by atomic mass is 35.5. The van der Waals surface area contributed by atoms with Crippen LogP contribution in [0.5, 0.6) is 11.6 Å². The average molecular weight is 323 g/mol. The highest BCUT2D eigenvalue weighted by Gasteiger charge is 2.23. The van der Waals surface area contributed by atoms with Crippen molar-refractivity contribution in [3.8, 4) is 11.6 Å². The third kappa shape index (κ3) is 3.27. The Hall–Kier alpha value is -1.56. The third-order valence-corrected chi connectivity index (χ3v) is 3.93. The number of likely N-dealkylation sites (tertiary alicyclic amines) is 1. The zero-order valence-electron chi connectivity index (χ0n) is 12.5. The smallest absolute Gasteiger partial charge is 0.217 e. The predicted octanol–water partition coefficient (Wildman–Crippen LogP) is 2.34. The van der Waals surface area contributed by atoms with Crippen LogP contribution in [0, 0.1) is 0 Å². The fourth-order valence-electron chi connectivity index (χ4n) is 2.51. The molecule has 1 fully saturated rings. The van der Waals surface area contributed by atoms with Gasteiger partial charge in [0.15, 0.2) is 0 Å². The molecule has 1 aliphatic rings. The SMILES string of the molecule is CCOc1cc(OCCN2CC(O)C2)nc2c(Cl)cccc12. The van der Waals surface area contributed by atoms with Crippen LogP contribution < -0.4 is 9.47 Å². The Kier molecular flexibility index (Phi) is 4.66. The van der Waals surface area contributed by atoms with E-state index in [1.54, 1.807) is 12.1 Å². The van der Waals surface area contributed by atoms with E-state index in [0.29, 0.717) is 42.7 Å². The molecular weight excluding hydrogens is 304 g/mol. The van der Waals surface area contributed by atoms with E-state index < -0.39 is 0 Å². The number of nitrogens with zero attached hydrogens (tertiary/aromatic N) is 2. The number of benzene rings is 1. The van der Waals surface area contributed by atoms with Crippen molar-refractivity contribution in [1.82, 2.24) is 9.88 Å². The lowest BCUT2D eigenvalue weighted by molar-refractivity contribution is -0.00411. The number of aromatic nitrogens is 1. The van der Waals surface area contributed by atoms with Crippen molar-refractivity contribution >= 4 is 22.5 Å². The monoisotopic (exact) mass is 322 g/mol. The number of hydrogen-bond donors (Lipinski definition) is 1. The molecule has 6 heteroatoms. The Morgan fingerprint density at radius 2 is 2.18 bits per heavy atom. The number of halogens is 1. The number of rotatable bonds is 6. The van der Waals surface area contributed by atoms with Crippen LogP contribution in [0.1, 0.15) is 6.92 Å². The fourth-order valence-corrected chi connectivity index (χ4v) is 2.73. The minimum Gasteiger partial charge on any atom is -0.493 e. The first-order valence-corrected chi connectivity index (χ1v) is 7.80. The fraction of sp³-hybridized carbons (Fsp3) is 0.438. The first-order valence-electron chi connectivity index (χ1n) is 7.42. The van der Waals surface area contributed by atoms with Crippen LogP contribution in [0.4, 0.5) is 0 Å². The summed E-state index contributed by atoms with van der Waals surface area (Å²) in [6, 6.07) is 7.42. The Bertz CT molecular complexity index is 659. The topological polar surface area (TPSA) is 54.8 Å². The molecule has 3 rings (SSSR count). The molecule has 0 bridgehead atoms. The minimum absolute atomic E-state index is 0.192. The average Bonchev–Trinajstić information content (AvgIpc) is 2.47.